The number of hydrogen-bond acceptors (Lipinski definition) is 4. The van der Waals surface area contributed by atoms with E-state index in [0.717, 1.165) is 0 Å². The standard InChI is InChI=1S/C9H18N4O2S/c1-7(5-10-3)16(14,15)12-9-6-13(4)11-8(9)2/h6-7,10,12H,5H2,1-4H3. The Morgan fingerprint density at radius 2 is 2.19 bits per heavy atom. The predicted molar refractivity (Wildman–Crippen MR) is 63.9 cm³/mol. The maximum atomic E-state index is 11.9. The van der Waals surface area contributed by atoms with E-state index in [2.05, 4.69) is 15.1 Å². The van der Waals surface area contributed by atoms with E-state index in [-0.39, 0.29) is 0 Å². The molecule has 0 saturated heterocycles. The van der Waals surface area contributed by atoms with Crippen molar-refractivity contribution in [1.29, 1.82) is 0 Å². The van der Waals surface area contributed by atoms with Gasteiger partial charge in [0.1, 0.15) is 0 Å². The van der Waals surface area contributed by atoms with Gasteiger partial charge in [0.2, 0.25) is 10.0 Å². The molecule has 2 N–H and O–H groups in total. The second kappa shape index (κ2) is 4.84. The second-order valence-corrected chi connectivity index (χ2v) is 5.92. The Labute approximate surface area is 96.1 Å². The average Bonchev–Trinajstić information content (AvgIpc) is 2.44. The number of sulfonamides is 1. The molecule has 1 rings (SSSR count). The van der Waals surface area contributed by atoms with Gasteiger partial charge in [-0.15, -0.1) is 0 Å². The molecular weight excluding hydrogens is 228 g/mol. The van der Waals surface area contributed by atoms with Gasteiger partial charge >= 0.3 is 0 Å². The lowest BCUT2D eigenvalue weighted by Gasteiger charge is -2.13. The van der Waals surface area contributed by atoms with Crippen LogP contribution in [-0.4, -0.2) is 37.0 Å². The van der Waals surface area contributed by atoms with Crippen LogP contribution in [0.1, 0.15) is 12.6 Å². The molecule has 0 bridgehead atoms. The van der Waals surface area contributed by atoms with Gasteiger partial charge in [-0.2, -0.15) is 5.10 Å². The summed E-state index contributed by atoms with van der Waals surface area (Å²) in [5, 5.41) is 6.43. The van der Waals surface area contributed by atoms with Crippen LogP contribution < -0.4 is 10.0 Å². The lowest BCUT2D eigenvalue weighted by Crippen LogP contribution is -2.33. The van der Waals surface area contributed by atoms with E-state index in [1.165, 1.54) is 0 Å². The van der Waals surface area contributed by atoms with E-state index in [4.69, 9.17) is 0 Å². The van der Waals surface area contributed by atoms with Gasteiger partial charge in [0, 0.05) is 19.8 Å². The summed E-state index contributed by atoms with van der Waals surface area (Å²) in [6.45, 7) is 3.83. The summed E-state index contributed by atoms with van der Waals surface area (Å²) in [5.41, 5.74) is 1.20. The van der Waals surface area contributed by atoms with Gasteiger partial charge in [-0.3, -0.25) is 9.40 Å². The first-order valence-corrected chi connectivity index (χ1v) is 6.58. The van der Waals surface area contributed by atoms with E-state index >= 15 is 0 Å². The molecule has 0 aliphatic carbocycles. The minimum Gasteiger partial charge on any atom is -0.318 e. The molecular formula is C9H18N4O2S. The minimum atomic E-state index is -3.35. The first-order chi connectivity index (χ1) is 7.36. The molecule has 1 heterocycles. The number of nitrogens with one attached hydrogen (secondary N) is 2. The first-order valence-electron chi connectivity index (χ1n) is 5.03. The van der Waals surface area contributed by atoms with Crippen LogP contribution in [0.3, 0.4) is 0 Å². The van der Waals surface area contributed by atoms with Gasteiger partial charge in [0.25, 0.3) is 0 Å². The molecule has 1 aromatic heterocycles. The van der Waals surface area contributed by atoms with Gasteiger partial charge in [-0.25, -0.2) is 8.42 Å². The number of nitrogens with zero attached hydrogens (tertiary/aromatic N) is 2. The number of hydrogen-bond donors (Lipinski definition) is 2. The summed E-state index contributed by atoms with van der Waals surface area (Å²) in [5.74, 6) is 0. The Morgan fingerprint density at radius 3 is 2.62 bits per heavy atom. The Bertz CT molecular complexity index is 452. The maximum Gasteiger partial charge on any atom is 0.236 e. The zero-order valence-corrected chi connectivity index (χ0v) is 10.8. The number of aryl methyl sites for hydroxylation is 2. The van der Waals surface area contributed by atoms with E-state index < -0.39 is 15.3 Å². The summed E-state index contributed by atoms with van der Waals surface area (Å²) >= 11 is 0. The lowest BCUT2D eigenvalue weighted by atomic mass is 10.4. The van der Waals surface area contributed by atoms with Crippen LogP contribution in [0.25, 0.3) is 0 Å². The summed E-state index contributed by atoms with van der Waals surface area (Å²) < 4.78 is 27.8. The smallest absolute Gasteiger partial charge is 0.236 e. The molecule has 6 nitrogen and oxygen atoms in total. The Balaban J connectivity index is 2.84. The highest BCUT2D eigenvalue weighted by Crippen LogP contribution is 2.15. The van der Waals surface area contributed by atoms with Gasteiger partial charge in [-0.1, -0.05) is 0 Å². The molecule has 1 aromatic rings. The summed E-state index contributed by atoms with van der Waals surface area (Å²) in [6.07, 6.45) is 1.65. The lowest BCUT2D eigenvalue weighted by molar-refractivity contribution is 0.583. The molecule has 7 heteroatoms. The fourth-order valence-corrected chi connectivity index (χ4v) is 2.45. The third-order valence-corrected chi connectivity index (χ3v) is 4.02. The van der Waals surface area contributed by atoms with Gasteiger partial charge in [-0.05, 0) is 20.9 Å². The summed E-state index contributed by atoms with van der Waals surface area (Å²) in [7, 11) is 0.125. The molecule has 0 amide bonds. The van der Waals surface area contributed by atoms with E-state index in [9.17, 15) is 8.42 Å². The highest BCUT2D eigenvalue weighted by molar-refractivity contribution is 7.93. The Hall–Kier alpha value is -1.08. The second-order valence-electron chi connectivity index (χ2n) is 3.82. The number of rotatable bonds is 5. The third-order valence-electron chi connectivity index (χ3n) is 2.29. The Morgan fingerprint density at radius 1 is 1.56 bits per heavy atom. The fourth-order valence-electron chi connectivity index (χ4n) is 1.35. The highest BCUT2D eigenvalue weighted by atomic mass is 32.2. The van der Waals surface area contributed by atoms with Gasteiger partial charge in [0.15, 0.2) is 0 Å². The van der Waals surface area contributed by atoms with Crippen molar-refractivity contribution in [3.05, 3.63) is 11.9 Å². The van der Waals surface area contributed by atoms with Crippen molar-refractivity contribution in [2.75, 3.05) is 18.3 Å². The molecule has 0 fully saturated rings. The molecule has 1 unspecified atom stereocenters. The van der Waals surface area contributed by atoms with Crippen molar-refractivity contribution in [3.63, 3.8) is 0 Å². The van der Waals surface area contributed by atoms with Crippen LogP contribution in [0, 0.1) is 6.92 Å². The average molecular weight is 246 g/mol. The third kappa shape index (κ3) is 2.96. The topological polar surface area (TPSA) is 76.0 Å². The van der Waals surface area contributed by atoms with Crippen LogP contribution in [0.4, 0.5) is 5.69 Å². The van der Waals surface area contributed by atoms with Crippen molar-refractivity contribution in [3.8, 4) is 0 Å². The predicted octanol–water partition coefficient (Wildman–Crippen LogP) is 0.0781. The van der Waals surface area contributed by atoms with Crippen molar-refractivity contribution < 1.29 is 8.42 Å². The van der Waals surface area contributed by atoms with E-state index in [1.54, 1.807) is 38.8 Å². The van der Waals surface area contributed by atoms with Gasteiger partial charge in [0.05, 0.1) is 16.6 Å². The monoisotopic (exact) mass is 246 g/mol. The van der Waals surface area contributed by atoms with Crippen LogP contribution >= 0.6 is 0 Å². The highest BCUT2D eigenvalue weighted by Gasteiger charge is 2.21. The molecule has 92 valence electrons. The largest absolute Gasteiger partial charge is 0.318 e. The summed E-state index contributed by atoms with van der Waals surface area (Å²) in [6, 6.07) is 0. The molecule has 0 spiro atoms. The quantitative estimate of drug-likeness (QED) is 0.771. The zero-order valence-electron chi connectivity index (χ0n) is 9.98. The minimum absolute atomic E-state index is 0.411. The first kappa shape index (κ1) is 13.0. The van der Waals surface area contributed by atoms with Crippen molar-refractivity contribution >= 4 is 15.7 Å². The van der Waals surface area contributed by atoms with Crippen LogP contribution in [0.2, 0.25) is 0 Å². The van der Waals surface area contributed by atoms with Crippen molar-refractivity contribution in [2.45, 2.75) is 19.1 Å². The maximum absolute atomic E-state index is 11.9. The zero-order chi connectivity index (χ0) is 12.3. The van der Waals surface area contributed by atoms with Crippen LogP contribution in [-0.2, 0) is 17.1 Å². The summed E-state index contributed by atoms with van der Waals surface area (Å²) in [4.78, 5) is 0. The number of aromatic nitrogens is 2. The Kier molecular flexibility index (Phi) is 3.93. The molecule has 16 heavy (non-hydrogen) atoms. The molecule has 1 atom stereocenters. The van der Waals surface area contributed by atoms with E-state index in [0.29, 0.717) is 17.9 Å². The normalized spacial score (nSPS) is 13.8. The SMILES string of the molecule is CNCC(C)S(=O)(=O)Nc1cn(C)nc1C. The number of anilines is 1. The van der Waals surface area contributed by atoms with Crippen molar-refractivity contribution in [2.24, 2.45) is 7.05 Å². The molecule has 0 radical (unpaired) electrons. The molecule has 0 saturated carbocycles. The van der Waals surface area contributed by atoms with Crippen LogP contribution in [0.15, 0.2) is 6.20 Å². The van der Waals surface area contributed by atoms with E-state index in [1.807, 2.05) is 0 Å². The fraction of sp³-hybridized carbons (Fsp3) is 0.667. The van der Waals surface area contributed by atoms with Crippen molar-refractivity contribution in [1.82, 2.24) is 15.1 Å². The van der Waals surface area contributed by atoms with Crippen LogP contribution in [0.5, 0.6) is 0 Å². The molecule has 0 aliphatic heterocycles. The molecule has 0 aromatic carbocycles. The molecule has 0 aliphatic rings. The van der Waals surface area contributed by atoms with Gasteiger partial charge < -0.3 is 5.32 Å².